The van der Waals surface area contributed by atoms with E-state index in [9.17, 15) is 4.79 Å². The van der Waals surface area contributed by atoms with Gasteiger partial charge in [0.05, 0.1) is 0 Å². The van der Waals surface area contributed by atoms with Crippen LogP contribution in [0.5, 0.6) is 0 Å². The Balaban J connectivity index is 2.39. The molecule has 0 spiro atoms. The predicted molar refractivity (Wildman–Crippen MR) is 52.4 cm³/mol. The third kappa shape index (κ3) is 2.63. The van der Waals surface area contributed by atoms with Crippen LogP contribution in [0.3, 0.4) is 0 Å². The fourth-order valence-electron chi connectivity index (χ4n) is 1.25. The zero-order valence-corrected chi connectivity index (χ0v) is 8.16. The maximum absolute atomic E-state index is 10.9. The predicted octanol–water partition coefficient (Wildman–Crippen LogP) is 0.886. The van der Waals surface area contributed by atoms with E-state index >= 15 is 0 Å². The summed E-state index contributed by atoms with van der Waals surface area (Å²) in [6.07, 6.45) is 3.10. The van der Waals surface area contributed by atoms with Crippen LogP contribution in [0.2, 0.25) is 0 Å². The summed E-state index contributed by atoms with van der Waals surface area (Å²) in [4.78, 5) is 10.9. The molecule has 0 atom stereocenters. The number of carbonyl (C=O) groups excluding carboxylic acids is 1. The maximum Gasteiger partial charge on any atom is 0.219 e. The number of nitrogens with one attached hydrogen (secondary N) is 1. The second-order valence-corrected chi connectivity index (χ2v) is 2.98. The van der Waals surface area contributed by atoms with Gasteiger partial charge in [-0.1, -0.05) is 0 Å². The summed E-state index contributed by atoms with van der Waals surface area (Å²) in [6, 6.07) is 5.69. The zero-order valence-electron chi connectivity index (χ0n) is 8.16. The number of rotatable bonds is 4. The van der Waals surface area contributed by atoms with Crippen LogP contribution >= 0.6 is 0 Å². The maximum atomic E-state index is 10.9. The standard InChI is InChI=1S/C10H13N3O/c1-12-10(14)5-3-7-13-6-2-4-9(13)8-11/h2,4,6H,3,5,7H2,1H3,(H,12,14). The first-order valence-corrected chi connectivity index (χ1v) is 4.53. The Morgan fingerprint density at radius 1 is 1.71 bits per heavy atom. The van der Waals surface area contributed by atoms with Crippen molar-refractivity contribution in [3.63, 3.8) is 0 Å². The van der Waals surface area contributed by atoms with Crippen LogP contribution in [-0.2, 0) is 11.3 Å². The number of aryl methyl sites for hydroxylation is 1. The van der Waals surface area contributed by atoms with Gasteiger partial charge in [-0.2, -0.15) is 5.26 Å². The van der Waals surface area contributed by atoms with Crippen molar-refractivity contribution in [1.29, 1.82) is 5.26 Å². The first-order valence-electron chi connectivity index (χ1n) is 4.53. The summed E-state index contributed by atoms with van der Waals surface area (Å²) in [5, 5.41) is 11.3. The molecule has 74 valence electrons. The summed E-state index contributed by atoms with van der Waals surface area (Å²) < 4.78 is 1.85. The smallest absolute Gasteiger partial charge is 0.219 e. The Hall–Kier alpha value is -1.76. The number of hydrogen-bond donors (Lipinski definition) is 1. The third-order valence-corrected chi connectivity index (χ3v) is 2.03. The second kappa shape index (κ2) is 5.07. The highest BCUT2D eigenvalue weighted by atomic mass is 16.1. The van der Waals surface area contributed by atoms with E-state index in [1.807, 2.05) is 16.8 Å². The van der Waals surface area contributed by atoms with Gasteiger partial charge in [0.1, 0.15) is 11.8 Å². The van der Waals surface area contributed by atoms with E-state index in [2.05, 4.69) is 11.4 Å². The molecule has 0 fully saturated rings. The molecule has 0 unspecified atom stereocenters. The largest absolute Gasteiger partial charge is 0.359 e. The van der Waals surface area contributed by atoms with Crippen molar-refractivity contribution in [3.05, 3.63) is 24.0 Å². The summed E-state index contributed by atoms with van der Waals surface area (Å²) >= 11 is 0. The lowest BCUT2D eigenvalue weighted by atomic mass is 10.3. The highest BCUT2D eigenvalue weighted by Crippen LogP contribution is 2.02. The molecule has 1 heterocycles. The summed E-state index contributed by atoms with van der Waals surface area (Å²) in [5.74, 6) is 0.0377. The van der Waals surface area contributed by atoms with Gasteiger partial charge >= 0.3 is 0 Å². The van der Waals surface area contributed by atoms with Crippen LogP contribution in [0.4, 0.5) is 0 Å². The van der Waals surface area contributed by atoms with Crippen molar-refractivity contribution in [2.75, 3.05) is 7.05 Å². The van der Waals surface area contributed by atoms with Crippen LogP contribution in [0.15, 0.2) is 18.3 Å². The van der Waals surface area contributed by atoms with E-state index in [4.69, 9.17) is 5.26 Å². The Kier molecular flexibility index (Phi) is 3.74. The second-order valence-electron chi connectivity index (χ2n) is 2.98. The molecule has 0 saturated carbocycles. The molecular weight excluding hydrogens is 178 g/mol. The molecular formula is C10H13N3O. The monoisotopic (exact) mass is 191 g/mol. The van der Waals surface area contributed by atoms with E-state index in [-0.39, 0.29) is 5.91 Å². The van der Waals surface area contributed by atoms with Gasteiger partial charge < -0.3 is 9.88 Å². The Bertz CT molecular complexity index is 348. The van der Waals surface area contributed by atoms with Crippen molar-refractivity contribution in [2.45, 2.75) is 19.4 Å². The van der Waals surface area contributed by atoms with Gasteiger partial charge in [0.15, 0.2) is 0 Å². The minimum Gasteiger partial charge on any atom is -0.359 e. The fourth-order valence-corrected chi connectivity index (χ4v) is 1.25. The first-order chi connectivity index (χ1) is 6.77. The SMILES string of the molecule is CNC(=O)CCCn1cccc1C#N. The van der Waals surface area contributed by atoms with Crippen LogP contribution in [-0.4, -0.2) is 17.5 Å². The quantitative estimate of drug-likeness (QED) is 0.768. The average Bonchev–Trinajstić information content (AvgIpc) is 2.65. The number of aromatic nitrogens is 1. The van der Waals surface area contributed by atoms with Crippen molar-refractivity contribution in [3.8, 4) is 6.07 Å². The van der Waals surface area contributed by atoms with Gasteiger partial charge in [0, 0.05) is 26.2 Å². The molecule has 0 saturated heterocycles. The molecule has 4 nitrogen and oxygen atoms in total. The minimum absolute atomic E-state index is 0.0377. The molecule has 0 aliphatic rings. The molecule has 14 heavy (non-hydrogen) atoms. The molecule has 1 rings (SSSR count). The van der Waals surface area contributed by atoms with Gasteiger partial charge in [0.25, 0.3) is 0 Å². The first kappa shape index (κ1) is 10.3. The van der Waals surface area contributed by atoms with Crippen molar-refractivity contribution in [2.24, 2.45) is 0 Å². The lowest BCUT2D eigenvalue weighted by Crippen LogP contribution is -2.17. The van der Waals surface area contributed by atoms with E-state index in [0.29, 0.717) is 18.7 Å². The lowest BCUT2D eigenvalue weighted by Gasteiger charge is -2.03. The molecule has 1 amide bonds. The summed E-state index contributed by atoms with van der Waals surface area (Å²) in [5.41, 5.74) is 0.641. The molecule has 0 aliphatic heterocycles. The molecule has 1 aromatic rings. The molecule has 0 aliphatic carbocycles. The Morgan fingerprint density at radius 3 is 3.14 bits per heavy atom. The third-order valence-electron chi connectivity index (χ3n) is 2.03. The van der Waals surface area contributed by atoms with Gasteiger partial charge in [-0.25, -0.2) is 0 Å². The highest BCUT2D eigenvalue weighted by molar-refractivity contribution is 5.75. The minimum atomic E-state index is 0.0377. The number of nitriles is 1. The normalized spacial score (nSPS) is 9.43. The van der Waals surface area contributed by atoms with E-state index in [1.54, 1.807) is 13.1 Å². The number of amides is 1. The van der Waals surface area contributed by atoms with Crippen molar-refractivity contribution < 1.29 is 4.79 Å². The van der Waals surface area contributed by atoms with Crippen molar-refractivity contribution in [1.82, 2.24) is 9.88 Å². The fraction of sp³-hybridized carbons (Fsp3) is 0.400. The summed E-state index contributed by atoms with van der Waals surface area (Å²) in [6.45, 7) is 0.712. The van der Waals surface area contributed by atoms with Crippen LogP contribution in [0.1, 0.15) is 18.5 Å². The highest BCUT2D eigenvalue weighted by Gasteiger charge is 2.01. The molecule has 0 aromatic carbocycles. The molecule has 0 bridgehead atoms. The van der Waals surface area contributed by atoms with E-state index in [0.717, 1.165) is 6.42 Å². The molecule has 1 aromatic heterocycles. The van der Waals surface area contributed by atoms with E-state index in [1.165, 1.54) is 0 Å². The summed E-state index contributed by atoms with van der Waals surface area (Å²) in [7, 11) is 1.62. The Labute approximate surface area is 83.1 Å². The van der Waals surface area contributed by atoms with Crippen molar-refractivity contribution >= 4 is 5.91 Å². The number of nitrogens with zero attached hydrogens (tertiary/aromatic N) is 2. The molecule has 0 radical (unpaired) electrons. The topological polar surface area (TPSA) is 57.8 Å². The molecule has 4 heteroatoms. The van der Waals surface area contributed by atoms with Gasteiger partial charge in [-0.15, -0.1) is 0 Å². The number of hydrogen-bond acceptors (Lipinski definition) is 2. The molecule has 1 N–H and O–H groups in total. The zero-order chi connectivity index (χ0) is 10.4. The average molecular weight is 191 g/mol. The van der Waals surface area contributed by atoms with Crippen LogP contribution < -0.4 is 5.32 Å². The van der Waals surface area contributed by atoms with Crippen LogP contribution in [0.25, 0.3) is 0 Å². The Morgan fingerprint density at radius 2 is 2.50 bits per heavy atom. The van der Waals surface area contributed by atoms with Crippen LogP contribution in [0, 0.1) is 11.3 Å². The van der Waals surface area contributed by atoms with Gasteiger partial charge in [-0.05, 0) is 18.6 Å². The van der Waals surface area contributed by atoms with Gasteiger partial charge in [-0.3, -0.25) is 4.79 Å². The van der Waals surface area contributed by atoms with Gasteiger partial charge in [0.2, 0.25) is 5.91 Å². The lowest BCUT2D eigenvalue weighted by molar-refractivity contribution is -0.120. The van der Waals surface area contributed by atoms with E-state index < -0.39 is 0 Å². The number of carbonyl (C=O) groups is 1.